The Labute approximate surface area is 212 Å². The molecule has 4 heterocycles. The van der Waals surface area contributed by atoms with Crippen LogP contribution in [0, 0.1) is 13.8 Å². The summed E-state index contributed by atoms with van der Waals surface area (Å²) in [4.78, 5) is 22.5. The molecule has 1 fully saturated rings. The van der Waals surface area contributed by atoms with Gasteiger partial charge in [0.15, 0.2) is 5.65 Å². The highest BCUT2D eigenvalue weighted by Crippen LogP contribution is 2.39. The third-order valence-corrected chi connectivity index (χ3v) is 7.75. The Morgan fingerprint density at radius 3 is 2.72 bits per heavy atom. The van der Waals surface area contributed by atoms with Crippen LogP contribution in [0.1, 0.15) is 67.2 Å². The van der Waals surface area contributed by atoms with Crippen molar-refractivity contribution >= 4 is 22.6 Å². The van der Waals surface area contributed by atoms with Crippen molar-refractivity contribution in [1.29, 1.82) is 0 Å². The first kappa shape index (κ1) is 24.3. The molecule has 190 valence electrons. The fraction of sp³-hybridized carbons (Fsp3) is 0.464. The number of rotatable bonds is 6. The summed E-state index contributed by atoms with van der Waals surface area (Å²) in [5, 5.41) is 8.67. The van der Waals surface area contributed by atoms with Crippen molar-refractivity contribution < 1.29 is 4.79 Å². The van der Waals surface area contributed by atoms with Crippen molar-refractivity contribution in [1.82, 2.24) is 29.8 Å². The Morgan fingerprint density at radius 1 is 1.22 bits per heavy atom. The van der Waals surface area contributed by atoms with Gasteiger partial charge >= 0.3 is 6.03 Å². The van der Waals surface area contributed by atoms with Gasteiger partial charge < -0.3 is 20.9 Å². The number of hydrogen-bond acceptors (Lipinski definition) is 4. The Bertz CT molecular complexity index is 1390. The Hall–Kier alpha value is -3.39. The van der Waals surface area contributed by atoms with Crippen LogP contribution in [0.25, 0.3) is 27.8 Å². The van der Waals surface area contributed by atoms with E-state index in [1.807, 2.05) is 9.42 Å². The van der Waals surface area contributed by atoms with Gasteiger partial charge in [-0.1, -0.05) is 19.9 Å². The number of likely N-dealkylation sites (tertiary alicyclic amines) is 1. The van der Waals surface area contributed by atoms with Gasteiger partial charge in [-0.15, -0.1) is 0 Å². The van der Waals surface area contributed by atoms with Crippen LogP contribution in [0.5, 0.6) is 0 Å². The molecule has 0 atom stereocenters. The lowest BCUT2D eigenvalue weighted by Gasteiger charge is -2.32. The number of amides is 2. The van der Waals surface area contributed by atoms with Gasteiger partial charge in [0.05, 0.1) is 5.69 Å². The summed E-state index contributed by atoms with van der Waals surface area (Å²) in [5.41, 5.74) is 15.0. The lowest BCUT2D eigenvalue weighted by atomic mass is 9.87. The Balaban J connectivity index is 1.44. The van der Waals surface area contributed by atoms with Crippen LogP contribution >= 0.6 is 0 Å². The molecule has 0 spiro atoms. The van der Waals surface area contributed by atoms with Crippen molar-refractivity contribution in [3.8, 4) is 11.3 Å². The molecule has 1 aliphatic rings. The first-order valence-electron chi connectivity index (χ1n) is 13.1. The third-order valence-electron chi connectivity index (χ3n) is 7.75. The molecule has 36 heavy (non-hydrogen) atoms. The predicted molar refractivity (Wildman–Crippen MR) is 144 cm³/mol. The number of benzene rings is 1. The molecule has 1 aliphatic heterocycles. The van der Waals surface area contributed by atoms with Crippen LogP contribution in [-0.2, 0) is 0 Å². The monoisotopic (exact) mass is 487 g/mol. The molecule has 1 saturated heterocycles. The van der Waals surface area contributed by atoms with E-state index in [0.717, 1.165) is 49.1 Å². The zero-order valence-electron chi connectivity index (χ0n) is 21.8. The second-order valence-corrected chi connectivity index (χ2v) is 10.3. The van der Waals surface area contributed by atoms with Crippen molar-refractivity contribution in [2.75, 3.05) is 26.2 Å². The zero-order chi connectivity index (χ0) is 25.4. The molecule has 0 aliphatic carbocycles. The average molecular weight is 488 g/mol. The molecule has 0 radical (unpaired) electrons. The van der Waals surface area contributed by atoms with Gasteiger partial charge in [0, 0.05) is 42.3 Å². The molecule has 0 bridgehead atoms. The lowest BCUT2D eigenvalue weighted by molar-refractivity contribution is 0.181. The summed E-state index contributed by atoms with van der Waals surface area (Å²) in [7, 11) is 0. The molecule has 0 unspecified atom stereocenters. The second-order valence-electron chi connectivity index (χ2n) is 10.3. The number of H-pyrrole nitrogens is 1. The van der Waals surface area contributed by atoms with Gasteiger partial charge in [-0.2, -0.15) is 5.10 Å². The molecule has 5 rings (SSSR count). The quantitative estimate of drug-likeness (QED) is 0.338. The summed E-state index contributed by atoms with van der Waals surface area (Å²) in [6.45, 7) is 11.6. The van der Waals surface area contributed by atoms with Crippen LogP contribution in [0.2, 0.25) is 0 Å². The highest BCUT2D eigenvalue weighted by Gasteiger charge is 2.25. The smallest absolute Gasteiger partial charge is 0.317 e. The second kappa shape index (κ2) is 9.93. The van der Waals surface area contributed by atoms with Gasteiger partial charge in [-0.3, -0.25) is 0 Å². The topological polar surface area (TPSA) is 104 Å². The maximum absolute atomic E-state index is 12.4. The van der Waals surface area contributed by atoms with Crippen LogP contribution in [0.4, 0.5) is 4.79 Å². The van der Waals surface area contributed by atoms with E-state index in [2.05, 4.69) is 72.5 Å². The average Bonchev–Trinajstić information content (AvgIpc) is 3.50. The maximum atomic E-state index is 12.4. The van der Waals surface area contributed by atoms with E-state index in [-0.39, 0.29) is 6.03 Å². The molecule has 0 saturated carbocycles. The molecule has 8 nitrogen and oxygen atoms in total. The van der Waals surface area contributed by atoms with Gasteiger partial charge in [0.1, 0.15) is 6.33 Å². The summed E-state index contributed by atoms with van der Waals surface area (Å²) in [5.74, 6) is 0.811. The molecule has 4 N–H and O–H groups in total. The standard InChI is InChI=1S/C28H37N7O/c1-17(2)25-22-14-21(20-8-12-34(13-9-20)28(36)30-11-5-10-29)6-7-24(22)33-26(25)23-15-35-27(31-16-32-35)19(4)18(23)3/h6-7,14-17,20,33H,5,8-13,29H2,1-4H3,(H,30,36). The number of pyridine rings is 1. The number of piperidine rings is 1. The maximum Gasteiger partial charge on any atom is 0.317 e. The van der Waals surface area contributed by atoms with E-state index in [0.29, 0.717) is 24.9 Å². The molecule has 3 aromatic heterocycles. The zero-order valence-corrected chi connectivity index (χ0v) is 21.8. The molecular weight excluding hydrogens is 450 g/mol. The molecule has 2 amide bonds. The van der Waals surface area contributed by atoms with Crippen molar-refractivity contribution in [3.05, 3.63) is 53.0 Å². The first-order valence-corrected chi connectivity index (χ1v) is 13.1. The minimum Gasteiger partial charge on any atom is -0.354 e. The van der Waals surface area contributed by atoms with E-state index in [1.54, 1.807) is 6.33 Å². The van der Waals surface area contributed by atoms with Gasteiger partial charge in [0.2, 0.25) is 0 Å². The number of aromatic amines is 1. The van der Waals surface area contributed by atoms with Crippen LogP contribution in [0.15, 0.2) is 30.7 Å². The number of carbonyl (C=O) groups is 1. The summed E-state index contributed by atoms with van der Waals surface area (Å²) < 4.78 is 1.87. The fourth-order valence-electron chi connectivity index (χ4n) is 5.58. The van der Waals surface area contributed by atoms with Crippen LogP contribution < -0.4 is 11.1 Å². The Kier molecular flexibility index (Phi) is 6.71. The van der Waals surface area contributed by atoms with E-state index in [4.69, 9.17) is 5.73 Å². The predicted octanol–water partition coefficient (Wildman–Crippen LogP) is 4.86. The number of hydrogen-bond donors (Lipinski definition) is 3. The van der Waals surface area contributed by atoms with Gasteiger partial charge in [-0.25, -0.2) is 14.3 Å². The number of nitrogens with one attached hydrogen (secondary N) is 2. The van der Waals surface area contributed by atoms with E-state index in [9.17, 15) is 4.79 Å². The molecule has 1 aromatic carbocycles. The van der Waals surface area contributed by atoms with E-state index in [1.165, 1.54) is 33.3 Å². The minimum absolute atomic E-state index is 0.0322. The number of nitrogens with zero attached hydrogens (tertiary/aromatic N) is 4. The van der Waals surface area contributed by atoms with E-state index >= 15 is 0 Å². The minimum atomic E-state index is 0.0322. The number of aryl methyl sites for hydroxylation is 1. The van der Waals surface area contributed by atoms with Gasteiger partial charge in [0.25, 0.3) is 0 Å². The summed E-state index contributed by atoms with van der Waals surface area (Å²) in [6, 6.07) is 6.89. The number of carbonyl (C=O) groups excluding carboxylic acids is 1. The largest absolute Gasteiger partial charge is 0.354 e. The SMILES string of the molecule is Cc1c(-c2[nH]c3ccc(C4CCN(C(=O)NCCCN)CC4)cc3c2C(C)C)cn2ncnc2c1C. The molecule has 8 heteroatoms. The highest BCUT2D eigenvalue weighted by molar-refractivity contribution is 5.92. The van der Waals surface area contributed by atoms with Crippen LogP contribution in [-0.4, -0.2) is 56.7 Å². The third kappa shape index (κ3) is 4.34. The molecular formula is C28H37N7O. The van der Waals surface area contributed by atoms with E-state index < -0.39 is 0 Å². The van der Waals surface area contributed by atoms with Crippen molar-refractivity contribution in [2.45, 2.75) is 58.8 Å². The van der Waals surface area contributed by atoms with Crippen LogP contribution in [0.3, 0.4) is 0 Å². The number of fused-ring (bicyclic) bond motifs is 2. The normalized spacial score (nSPS) is 14.9. The van der Waals surface area contributed by atoms with Gasteiger partial charge in [-0.05, 0) is 85.9 Å². The lowest BCUT2D eigenvalue weighted by Crippen LogP contribution is -2.44. The Morgan fingerprint density at radius 2 is 2.00 bits per heavy atom. The molecule has 4 aromatic rings. The summed E-state index contributed by atoms with van der Waals surface area (Å²) >= 11 is 0. The number of urea groups is 1. The first-order chi connectivity index (χ1) is 17.4. The highest BCUT2D eigenvalue weighted by atomic mass is 16.2. The summed E-state index contributed by atoms with van der Waals surface area (Å²) in [6.07, 6.45) is 6.47. The van der Waals surface area contributed by atoms with Crippen molar-refractivity contribution in [3.63, 3.8) is 0 Å². The van der Waals surface area contributed by atoms with Crippen molar-refractivity contribution in [2.24, 2.45) is 5.73 Å². The number of nitrogens with two attached hydrogens (primary N) is 1. The fourth-order valence-corrected chi connectivity index (χ4v) is 5.58. The number of aromatic nitrogens is 4.